The van der Waals surface area contributed by atoms with Gasteiger partial charge < -0.3 is 11.5 Å². The lowest BCUT2D eigenvalue weighted by Gasteiger charge is -2.08. The van der Waals surface area contributed by atoms with E-state index in [0.717, 1.165) is 22.0 Å². The van der Waals surface area contributed by atoms with E-state index in [1.54, 1.807) is 18.3 Å². The Bertz CT molecular complexity index is 705. The lowest BCUT2D eigenvalue weighted by atomic mass is 10.0. The predicted molar refractivity (Wildman–Crippen MR) is 76.4 cm³/mol. The number of carbonyl (C=O) groups excluding carboxylic acids is 1. The van der Waals surface area contributed by atoms with Crippen molar-refractivity contribution in [3.63, 3.8) is 0 Å². The second kappa shape index (κ2) is 4.85. The van der Waals surface area contributed by atoms with Crippen LogP contribution in [0.15, 0.2) is 23.3 Å². The Morgan fingerprint density at radius 3 is 2.63 bits per heavy atom. The summed E-state index contributed by atoms with van der Waals surface area (Å²) in [4.78, 5) is 19.6. The number of benzene rings is 1. The quantitative estimate of drug-likeness (QED) is 0.614. The van der Waals surface area contributed by atoms with Gasteiger partial charge in [-0.2, -0.15) is 4.99 Å². The highest BCUT2D eigenvalue weighted by atomic mass is 35.5. The monoisotopic (exact) mass is 276 g/mol. The number of nitrogens with zero attached hydrogens (tertiary/aromatic N) is 2. The lowest BCUT2D eigenvalue weighted by molar-refractivity contribution is 0.100. The molecule has 4 N–H and O–H groups in total. The molecular formula is C13H13ClN4O. The van der Waals surface area contributed by atoms with Gasteiger partial charge in [0.25, 0.3) is 5.91 Å². The molecule has 5 nitrogen and oxygen atoms in total. The standard InChI is InChI=1S/C13H13ClN4O/c1-6-3-8(12(19)18-13(15)16)4-9-7(2)10(14)5-17-11(6)9/h3-5H,1-2H3,(H4,15,16,18,19). The normalized spacial score (nSPS) is 10.5. The SMILES string of the molecule is Cc1c(Cl)cnc2c(C)cc(C(=O)N=C(N)N)cc12. The summed E-state index contributed by atoms with van der Waals surface area (Å²) in [6, 6.07) is 3.41. The summed E-state index contributed by atoms with van der Waals surface area (Å²) in [5.41, 5.74) is 13.4. The molecule has 2 rings (SSSR count). The van der Waals surface area contributed by atoms with Crippen molar-refractivity contribution in [2.45, 2.75) is 13.8 Å². The summed E-state index contributed by atoms with van der Waals surface area (Å²) in [5.74, 6) is -0.743. The Morgan fingerprint density at radius 2 is 2.00 bits per heavy atom. The highest BCUT2D eigenvalue weighted by Crippen LogP contribution is 2.26. The van der Waals surface area contributed by atoms with Crippen molar-refractivity contribution in [1.82, 2.24) is 4.98 Å². The van der Waals surface area contributed by atoms with Crippen LogP contribution in [-0.4, -0.2) is 16.9 Å². The van der Waals surface area contributed by atoms with Crippen LogP contribution in [-0.2, 0) is 0 Å². The van der Waals surface area contributed by atoms with Gasteiger partial charge in [-0.3, -0.25) is 9.78 Å². The molecule has 0 unspecified atom stereocenters. The first-order valence-corrected chi connectivity index (χ1v) is 5.97. The van der Waals surface area contributed by atoms with E-state index < -0.39 is 5.91 Å². The van der Waals surface area contributed by atoms with Crippen LogP contribution in [0.5, 0.6) is 0 Å². The molecule has 0 aliphatic rings. The van der Waals surface area contributed by atoms with E-state index in [0.29, 0.717) is 10.6 Å². The van der Waals surface area contributed by atoms with E-state index >= 15 is 0 Å². The van der Waals surface area contributed by atoms with Gasteiger partial charge in [-0.05, 0) is 37.1 Å². The molecule has 1 heterocycles. The second-order valence-electron chi connectivity index (χ2n) is 4.26. The summed E-state index contributed by atoms with van der Waals surface area (Å²) in [6.07, 6.45) is 1.60. The number of aliphatic imine (C=N–C) groups is 1. The summed E-state index contributed by atoms with van der Waals surface area (Å²) in [6.45, 7) is 3.75. The number of carbonyl (C=O) groups is 1. The molecule has 1 aromatic carbocycles. The van der Waals surface area contributed by atoms with Crippen LogP contribution in [0.2, 0.25) is 5.02 Å². The molecule has 0 spiro atoms. The molecule has 1 amide bonds. The van der Waals surface area contributed by atoms with Gasteiger partial charge in [-0.1, -0.05) is 11.6 Å². The van der Waals surface area contributed by atoms with Crippen LogP contribution in [0.3, 0.4) is 0 Å². The van der Waals surface area contributed by atoms with Crippen molar-refractivity contribution >= 4 is 34.4 Å². The number of guanidine groups is 1. The molecule has 0 atom stereocenters. The third-order valence-electron chi connectivity index (χ3n) is 2.85. The van der Waals surface area contributed by atoms with Crippen molar-refractivity contribution in [3.8, 4) is 0 Å². The molecule has 0 saturated carbocycles. The van der Waals surface area contributed by atoms with E-state index in [1.807, 2.05) is 13.8 Å². The number of aryl methyl sites for hydroxylation is 2. The van der Waals surface area contributed by atoms with Crippen LogP contribution >= 0.6 is 11.6 Å². The van der Waals surface area contributed by atoms with Crippen molar-refractivity contribution in [3.05, 3.63) is 40.0 Å². The lowest BCUT2D eigenvalue weighted by Crippen LogP contribution is -2.24. The molecule has 19 heavy (non-hydrogen) atoms. The Balaban J connectivity index is 2.70. The number of hydrogen-bond acceptors (Lipinski definition) is 2. The Labute approximate surface area is 115 Å². The highest BCUT2D eigenvalue weighted by molar-refractivity contribution is 6.32. The average molecular weight is 277 g/mol. The minimum atomic E-state index is -0.482. The first-order chi connectivity index (χ1) is 8.90. The molecule has 6 heteroatoms. The molecule has 0 aliphatic heterocycles. The van der Waals surface area contributed by atoms with Crippen LogP contribution < -0.4 is 11.5 Å². The first-order valence-electron chi connectivity index (χ1n) is 5.59. The van der Waals surface area contributed by atoms with E-state index in [4.69, 9.17) is 23.1 Å². The molecule has 0 saturated heterocycles. The number of aromatic nitrogens is 1. The average Bonchev–Trinajstić information content (AvgIpc) is 2.33. The number of halogens is 1. The largest absolute Gasteiger partial charge is 0.370 e. The molecule has 2 aromatic rings. The van der Waals surface area contributed by atoms with Gasteiger partial charge in [0.05, 0.1) is 10.5 Å². The number of fused-ring (bicyclic) bond motifs is 1. The predicted octanol–water partition coefficient (Wildman–Crippen LogP) is 1.92. The van der Waals surface area contributed by atoms with Crippen molar-refractivity contribution in [2.24, 2.45) is 16.5 Å². The molecule has 0 aliphatic carbocycles. The fourth-order valence-electron chi connectivity index (χ4n) is 1.89. The fourth-order valence-corrected chi connectivity index (χ4v) is 2.04. The maximum atomic E-state index is 11.8. The van der Waals surface area contributed by atoms with Gasteiger partial charge >= 0.3 is 0 Å². The Morgan fingerprint density at radius 1 is 1.32 bits per heavy atom. The van der Waals surface area contributed by atoms with Crippen LogP contribution in [0.25, 0.3) is 10.9 Å². The minimum absolute atomic E-state index is 0.260. The number of amides is 1. The molecule has 98 valence electrons. The number of hydrogen-bond donors (Lipinski definition) is 2. The van der Waals surface area contributed by atoms with Crippen molar-refractivity contribution < 1.29 is 4.79 Å². The zero-order valence-electron chi connectivity index (χ0n) is 10.6. The van der Waals surface area contributed by atoms with E-state index in [1.165, 1.54) is 0 Å². The van der Waals surface area contributed by atoms with Crippen LogP contribution in [0.4, 0.5) is 0 Å². The van der Waals surface area contributed by atoms with Gasteiger partial charge in [-0.25, -0.2) is 0 Å². The van der Waals surface area contributed by atoms with Gasteiger partial charge in [0.15, 0.2) is 5.96 Å². The topological polar surface area (TPSA) is 94.4 Å². The molecule has 0 bridgehead atoms. The molecule has 0 fully saturated rings. The van der Waals surface area contributed by atoms with E-state index in [-0.39, 0.29) is 5.96 Å². The molecule has 1 aromatic heterocycles. The minimum Gasteiger partial charge on any atom is -0.370 e. The summed E-state index contributed by atoms with van der Waals surface area (Å²) < 4.78 is 0. The molecular weight excluding hydrogens is 264 g/mol. The van der Waals surface area contributed by atoms with E-state index in [2.05, 4.69) is 9.98 Å². The maximum Gasteiger partial charge on any atom is 0.280 e. The zero-order valence-corrected chi connectivity index (χ0v) is 11.3. The second-order valence-corrected chi connectivity index (χ2v) is 4.67. The zero-order chi connectivity index (χ0) is 14.2. The molecule has 0 radical (unpaired) electrons. The van der Waals surface area contributed by atoms with Gasteiger partial charge in [0.2, 0.25) is 0 Å². The van der Waals surface area contributed by atoms with E-state index in [9.17, 15) is 4.79 Å². The smallest absolute Gasteiger partial charge is 0.280 e. The fraction of sp³-hybridized carbons (Fsp3) is 0.154. The Kier molecular flexibility index (Phi) is 3.40. The summed E-state index contributed by atoms with van der Waals surface area (Å²) in [5, 5.41) is 1.37. The maximum absolute atomic E-state index is 11.8. The number of rotatable bonds is 1. The highest BCUT2D eigenvalue weighted by Gasteiger charge is 2.11. The van der Waals surface area contributed by atoms with Crippen molar-refractivity contribution in [2.75, 3.05) is 0 Å². The van der Waals surface area contributed by atoms with Gasteiger partial charge in [0.1, 0.15) is 0 Å². The number of pyridine rings is 1. The van der Waals surface area contributed by atoms with Gasteiger partial charge in [0, 0.05) is 17.1 Å². The van der Waals surface area contributed by atoms with Crippen LogP contribution in [0.1, 0.15) is 21.5 Å². The third kappa shape index (κ3) is 2.51. The summed E-state index contributed by atoms with van der Waals surface area (Å²) >= 11 is 6.04. The van der Waals surface area contributed by atoms with Crippen LogP contribution in [0, 0.1) is 13.8 Å². The first kappa shape index (κ1) is 13.3. The summed E-state index contributed by atoms with van der Waals surface area (Å²) in [7, 11) is 0. The third-order valence-corrected chi connectivity index (χ3v) is 3.23. The van der Waals surface area contributed by atoms with Gasteiger partial charge in [-0.15, -0.1) is 0 Å². The Hall–Kier alpha value is -2.14. The van der Waals surface area contributed by atoms with Crippen molar-refractivity contribution in [1.29, 1.82) is 0 Å². The number of nitrogens with two attached hydrogens (primary N) is 2.